The Morgan fingerprint density at radius 3 is 2.53 bits per heavy atom. The standard InChI is InChI=1S/C26H26ClN3O3S/c1-16(2)14-29(26-28-10-11-34-26)24(32)13-21-17(3)30(23-9-4-18(15-31)12-22(21)23)25(33)19-5-7-20(27)8-6-19/h4-12,16,31H,13-15H2,1-3H3. The Labute approximate surface area is 207 Å². The summed E-state index contributed by atoms with van der Waals surface area (Å²) in [6.07, 6.45) is 1.81. The molecular weight excluding hydrogens is 470 g/mol. The highest BCUT2D eigenvalue weighted by Crippen LogP contribution is 2.30. The summed E-state index contributed by atoms with van der Waals surface area (Å²) in [5.41, 5.74) is 3.38. The zero-order valence-electron chi connectivity index (χ0n) is 19.3. The molecule has 4 rings (SSSR count). The molecule has 0 unspecified atom stereocenters. The monoisotopic (exact) mass is 495 g/mol. The third-order valence-electron chi connectivity index (χ3n) is 5.70. The van der Waals surface area contributed by atoms with Crippen LogP contribution in [0.5, 0.6) is 0 Å². The predicted octanol–water partition coefficient (Wildman–Crippen LogP) is 5.47. The van der Waals surface area contributed by atoms with Gasteiger partial charge in [-0.3, -0.25) is 19.1 Å². The zero-order chi connectivity index (χ0) is 24.4. The van der Waals surface area contributed by atoms with Crippen LogP contribution >= 0.6 is 22.9 Å². The van der Waals surface area contributed by atoms with Crippen LogP contribution in [0.15, 0.2) is 54.0 Å². The summed E-state index contributed by atoms with van der Waals surface area (Å²) in [4.78, 5) is 33.1. The van der Waals surface area contributed by atoms with Gasteiger partial charge in [-0.2, -0.15) is 0 Å². The molecule has 1 amide bonds. The number of rotatable bonds is 7. The fraction of sp³-hybridized carbons (Fsp3) is 0.269. The van der Waals surface area contributed by atoms with E-state index in [9.17, 15) is 14.7 Å². The summed E-state index contributed by atoms with van der Waals surface area (Å²) < 4.78 is 1.64. The van der Waals surface area contributed by atoms with Gasteiger partial charge in [0.15, 0.2) is 5.13 Å². The Hall–Kier alpha value is -3.00. The van der Waals surface area contributed by atoms with Gasteiger partial charge in [0.05, 0.1) is 18.5 Å². The van der Waals surface area contributed by atoms with Crippen molar-refractivity contribution in [2.45, 2.75) is 33.8 Å². The molecule has 0 aliphatic heterocycles. The van der Waals surface area contributed by atoms with Gasteiger partial charge < -0.3 is 5.11 Å². The average molecular weight is 496 g/mol. The lowest BCUT2D eigenvalue weighted by Crippen LogP contribution is -2.35. The predicted molar refractivity (Wildman–Crippen MR) is 137 cm³/mol. The van der Waals surface area contributed by atoms with Crippen LogP contribution in [0, 0.1) is 12.8 Å². The van der Waals surface area contributed by atoms with Gasteiger partial charge in [0.2, 0.25) is 5.91 Å². The largest absolute Gasteiger partial charge is 0.392 e. The Bertz CT molecular complexity index is 1330. The van der Waals surface area contributed by atoms with E-state index < -0.39 is 0 Å². The molecule has 1 N–H and O–H groups in total. The molecule has 2 aromatic heterocycles. The van der Waals surface area contributed by atoms with Crippen LogP contribution in [0.25, 0.3) is 10.9 Å². The molecule has 8 heteroatoms. The Kier molecular flexibility index (Phi) is 7.16. The number of nitrogens with zero attached hydrogens (tertiary/aromatic N) is 3. The van der Waals surface area contributed by atoms with Crippen LogP contribution in [0.2, 0.25) is 5.02 Å². The van der Waals surface area contributed by atoms with Crippen LogP contribution in [0.4, 0.5) is 5.13 Å². The van der Waals surface area contributed by atoms with E-state index in [1.165, 1.54) is 11.3 Å². The summed E-state index contributed by atoms with van der Waals surface area (Å²) in [7, 11) is 0. The highest BCUT2D eigenvalue weighted by Gasteiger charge is 2.25. The van der Waals surface area contributed by atoms with Gasteiger partial charge >= 0.3 is 0 Å². The number of halogens is 1. The molecule has 0 atom stereocenters. The number of carbonyl (C=O) groups excluding carboxylic acids is 2. The molecule has 0 saturated carbocycles. The normalized spacial score (nSPS) is 11.4. The van der Waals surface area contributed by atoms with Gasteiger partial charge in [0.25, 0.3) is 5.91 Å². The molecule has 176 valence electrons. The number of carbonyl (C=O) groups is 2. The second-order valence-electron chi connectivity index (χ2n) is 8.61. The number of hydrogen-bond donors (Lipinski definition) is 1. The molecule has 0 radical (unpaired) electrons. The Morgan fingerprint density at radius 1 is 1.18 bits per heavy atom. The van der Waals surface area contributed by atoms with Crippen molar-refractivity contribution in [3.8, 4) is 0 Å². The first-order valence-corrected chi connectivity index (χ1v) is 12.3. The second-order valence-corrected chi connectivity index (χ2v) is 9.92. The van der Waals surface area contributed by atoms with E-state index >= 15 is 0 Å². The minimum atomic E-state index is -0.200. The lowest BCUT2D eigenvalue weighted by molar-refractivity contribution is -0.118. The molecule has 0 spiro atoms. The highest BCUT2D eigenvalue weighted by molar-refractivity contribution is 7.13. The topological polar surface area (TPSA) is 75.4 Å². The van der Waals surface area contributed by atoms with Crippen molar-refractivity contribution in [3.63, 3.8) is 0 Å². The van der Waals surface area contributed by atoms with Gasteiger partial charge in [-0.25, -0.2) is 4.98 Å². The number of hydrogen-bond acceptors (Lipinski definition) is 5. The van der Waals surface area contributed by atoms with Crippen molar-refractivity contribution >= 4 is 50.8 Å². The molecule has 34 heavy (non-hydrogen) atoms. The molecule has 0 fully saturated rings. The molecule has 6 nitrogen and oxygen atoms in total. The van der Waals surface area contributed by atoms with Gasteiger partial charge in [-0.05, 0) is 60.4 Å². The first-order valence-electron chi connectivity index (χ1n) is 11.0. The van der Waals surface area contributed by atoms with Crippen molar-refractivity contribution in [1.82, 2.24) is 9.55 Å². The maximum Gasteiger partial charge on any atom is 0.262 e. The van der Waals surface area contributed by atoms with Gasteiger partial charge in [-0.1, -0.05) is 31.5 Å². The minimum absolute atomic E-state index is 0.0841. The molecule has 4 aromatic rings. The molecule has 0 saturated heterocycles. The molecule has 2 aromatic carbocycles. The van der Waals surface area contributed by atoms with E-state index in [1.807, 2.05) is 24.4 Å². The zero-order valence-corrected chi connectivity index (χ0v) is 20.9. The molecular formula is C26H26ClN3O3S. The summed E-state index contributed by atoms with van der Waals surface area (Å²) in [5.74, 6) is -0.0181. The van der Waals surface area contributed by atoms with Gasteiger partial charge in [-0.15, -0.1) is 11.3 Å². The number of aliphatic hydroxyl groups excluding tert-OH is 1. The third-order valence-corrected chi connectivity index (χ3v) is 6.75. The van der Waals surface area contributed by atoms with Crippen molar-refractivity contribution in [2.24, 2.45) is 5.92 Å². The number of benzene rings is 2. The van der Waals surface area contributed by atoms with Crippen molar-refractivity contribution in [2.75, 3.05) is 11.4 Å². The minimum Gasteiger partial charge on any atom is -0.392 e. The number of thiazole rings is 1. The number of aliphatic hydroxyl groups is 1. The maximum atomic E-state index is 13.5. The first-order chi connectivity index (χ1) is 16.3. The SMILES string of the molecule is Cc1c(CC(=O)N(CC(C)C)c2nccs2)c2cc(CO)ccc2n1C(=O)c1ccc(Cl)cc1. The smallest absolute Gasteiger partial charge is 0.262 e. The van der Waals surface area contributed by atoms with Crippen LogP contribution < -0.4 is 4.90 Å². The maximum absolute atomic E-state index is 13.5. The third kappa shape index (κ3) is 4.78. The van der Waals surface area contributed by atoms with Gasteiger partial charge in [0.1, 0.15) is 0 Å². The molecule has 0 aliphatic carbocycles. The summed E-state index contributed by atoms with van der Waals surface area (Å²) in [6.45, 7) is 6.39. The Morgan fingerprint density at radius 2 is 1.91 bits per heavy atom. The summed E-state index contributed by atoms with van der Waals surface area (Å²) in [6, 6.07) is 12.2. The van der Waals surface area contributed by atoms with Crippen LogP contribution in [0.3, 0.4) is 0 Å². The second kappa shape index (κ2) is 10.1. The van der Waals surface area contributed by atoms with Crippen molar-refractivity contribution in [3.05, 3.63) is 81.4 Å². The van der Waals surface area contributed by atoms with E-state index in [4.69, 9.17) is 11.6 Å². The number of fused-ring (bicyclic) bond motifs is 1. The molecule has 0 bridgehead atoms. The quantitative estimate of drug-likeness (QED) is 0.369. The van der Waals surface area contributed by atoms with Crippen molar-refractivity contribution < 1.29 is 14.7 Å². The number of anilines is 1. The van der Waals surface area contributed by atoms with E-state index in [2.05, 4.69) is 18.8 Å². The van der Waals surface area contributed by atoms with Crippen LogP contribution in [-0.2, 0) is 17.8 Å². The molecule has 2 heterocycles. The first kappa shape index (κ1) is 24.1. The van der Waals surface area contributed by atoms with E-state index in [1.54, 1.807) is 46.0 Å². The van der Waals surface area contributed by atoms with Crippen LogP contribution in [-0.4, -0.2) is 33.0 Å². The van der Waals surface area contributed by atoms with E-state index in [0.29, 0.717) is 33.5 Å². The lowest BCUT2D eigenvalue weighted by atomic mass is 10.0. The average Bonchev–Trinajstić information content (AvgIpc) is 3.44. The molecule has 0 aliphatic rings. The van der Waals surface area contributed by atoms with E-state index in [0.717, 1.165) is 16.5 Å². The fourth-order valence-electron chi connectivity index (χ4n) is 4.08. The van der Waals surface area contributed by atoms with Gasteiger partial charge in [0, 0.05) is 39.8 Å². The highest BCUT2D eigenvalue weighted by atomic mass is 35.5. The Balaban J connectivity index is 1.80. The summed E-state index contributed by atoms with van der Waals surface area (Å²) >= 11 is 7.43. The van der Waals surface area contributed by atoms with Crippen LogP contribution in [0.1, 0.15) is 41.0 Å². The fourth-order valence-corrected chi connectivity index (χ4v) is 4.88. The lowest BCUT2D eigenvalue weighted by Gasteiger charge is -2.22. The summed E-state index contributed by atoms with van der Waals surface area (Å²) in [5, 5.41) is 13.5. The number of aromatic nitrogens is 2. The number of amides is 1. The van der Waals surface area contributed by atoms with E-state index in [-0.39, 0.29) is 30.8 Å². The van der Waals surface area contributed by atoms with Crippen molar-refractivity contribution in [1.29, 1.82) is 0 Å².